The highest BCUT2D eigenvalue weighted by atomic mass is 35.5. The number of nitrogens with one attached hydrogen (secondary N) is 1. The maximum absolute atomic E-state index is 9.37. The fourth-order valence-corrected chi connectivity index (χ4v) is 3.43. The fraction of sp³-hybridized carbons (Fsp3) is 0.0625. The molecule has 0 atom stereocenters. The van der Waals surface area contributed by atoms with E-state index in [4.69, 9.17) is 23.2 Å². The molecule has 0 saturated carbocycles. The number of phenolic OH excluding ortho intramolecular Hbond substituents is 1. The average molecular weight is 392 g/mol. The summed E-state index contributed by atoms with van der Waals surface area (Å²) in [5, 5.41) is 27.1. The lowest BCUT2D eigenvalue weighted by molar-refractivity contribution is 0.475. The molecule has 0 radical (unpaired) electrons. The Balaban J connectivity index is 1.61. The van der Waals surface area contributed by atoms with Crippen LogP contribution in [0, 0.1) is 0 Å². The van der Waals surface area contributed by atoms with Gasteiger partial charge in [-0.2, -0.15) is 4.52 Å². The Morgan fingerprint density at radius 1 is 1.08 bits per heavy atom. The molecule has 0 aliphatic rings. The van der Waals surface area contributed by atoms with Gasteiger partial charge in [0, 0.05) is 11.4 Å². The van der Waals surface area contributed by atoms with Gasteiger partial charge in [0.2, 0.25) is 10.1 Å². The third-order valence-corrected chi connectivity index (χ3v) is 4.90. The zero-order valence-electron chi connectivity index (χ0n) is 12.6. The van der Waals surface area contributed by atoms with Gasteiger partial charge in [-0.05, 0) is 35.9 Å². The van der Waals surface area contributed by atoms with Crippen molar-refractivity contribution in [2.75, 3.05) is 5.32 Å². The van der Waals surface area contributed by atoms with Crippen molar-refractivity contribution in [3.8, 4) is 5.75 Å². The fourth-order valence-electron chi connectivity index (χ4n) is 2.32. The number of phenols is 1. The number of aromatic nitrogens is 4. The summed E-state index contributed by atoms with van der Waals surface area (Å²) < 4.78 is 1.69. The highest BCUT2D eigenvalue weighted by molar-refractivity contribution is 7.20. The maximum Gasteiger partial charge on any atom is 0.236 e. The molecule has 2 N–H and O–H groups in total. The molecular weight excluding hydrogens is 381 g/mol. The van der Waals surface area contributed by atoms with Gasteiger partial charge in [0.15, 0.2) is 5.82 Å². The number of nitrogens with zero attached hydrogens (tertiary/aromatic N) is 4. The van der Waals surface area contributed by atoms with Crippen LogP contribution in [-0.4, -0.2) is 24.9 Å². The van der Waals surface area contributed by atoms with Gasteiger partial charge in [0.05, 0.1) is 10.7 Å². The number of hydrogen-bond acceptors (Lipinski definition) is 6. The highest BCUT2D eigenvalue weighted by Gasteiger charge is 2.13. The molecule has 0 aliphatic heterocycles. The molecule has 0 unspecified atom stereocenters. The standard InChI is InChI=1S/C16H11Cl2N5OS/c17-10-3-6-12(18)13(8-10)19-15-22-23-14(20-21-16(23)25-15)7-9-1-4-11(24)5-2-9/h1-6,8,24H,7H2,(H,19,22). The van der Waals surface area contributed by atoms with Crippen molar-refractivity contribution in [3.05, 3.63) is 63.9 Å². The Labute approximate surface area is 156 Å². The second-order valence-corrected chi connectivity index (χ2v) is 7.11. The first-order valence-electron chi connectivity index (χ1n) is 7.29. The van der Waals surface area contributed by atoms with Gasteiger partial charge in [-0.25, -0.2) is 0 Å². The van der Waals surface area contributed by atoms with E-state index in [2.05, 4.69) is 20.6 Å². The van der Waals surface area contributed by atoms with E-state index in [9.17, 15) is 5.11 Å². The number of rotatable bonds is 4. The van der Waals surface area contributed by atoms with Crippen LogP contribution in [0.25, 0.3) is 4.96 Å². The molecule has 6 nitrogen and oxygen atoms in total. The van der Waals surface area contributed by atoms with Crippen LogP contribution in [0.2, 0.25) is 10.0 Å². The number of benzene rings is 2. The van der Waals surface area contributed by atoms with Gasteiger partial charge in [0.1, 0.15) is 5.75 Å². The molecule has 0 aliphatic carbocycles. The Kier molecular flexibility index (Phi) is 4.20. The Morgan fingerprint density at radius 3 is 2.68 bits per heavy atom. The van der Waals surface area contributed by atoms with Crippen molar-refractivity contribution in [1.29, 1.82) is 0 Å². The molecule has 4 rings (SSSR count). The van der Waals surface area contributed by atoms with E-state index in [-0.39, 0.29) is 5.75 Å². The molecule has 25 heavy (non-hydrogen) atoms. The minimum absolute atomic E-state index is 0.230. The van der Waals surface area contributed by atoms with Gasteiger partial charge < -0.3 is 10.4 Å². The van der Waals surface area contributed by atoms with Crippen molar-refractivity contribution in [2.24, 2.45) is 0 Å². The van der Waals surface area contributed by atoms with E-state index in [1.165, 1.54) is 11.3 Å². The summed E-state index contributed by atoms with van der Waals surface area (Å²) in [6, 6.07) is 12.2. The molecule has 126 valence electrons. The molecule has 0 amide bonds. The number of fused-ring (bicyclic) bond motifs is 1. The van der Waals surface area contributed by atoms with Gasteiger partial charge in [-0.3, -0.25) is 0 Å². The average Bonchev–Trinajstić information content (AvgIpc) is 3.14. The number of hydrogen-bond donors (Lipinski definition) is 2. The van der Waals surface area contributed by atoms with Crippen molar-refractivity contribution >= 4 is 50.3 Å². The lowest BCUT2D eigenvalue weighted by atomic mass is 10.1. The summed E-state index contributed by atoms with van der Waals surface area (Å²) in [5.41, 5.74) is 1.69. The normalized spacial score (nSPS) is 11.1. The van der Waals surface area contributed by atoms with Crippen molar-refractivity contribution in [3.63, 3.8) is 0 Å². The van der Waals surface area contributed by atoms with Crippen LogP contribution in [0.4, 0.5) is 10.8 Å². The summed E-state index contributed by atoms with van der Waals surface area (Å²) in [5.74, 6) is 0.941. The zero-order valence-corrected chi connectivity index (χ0v) is 15.0. The summed E-state index contributed by atoms with van der Waals surface area (Å²) in [6.45, 7) is 0. The van der Waals surface area contributed by atoms with Crippen LogP contribution < -0.4 is 5.32 Å². The predicted octanol–water partition coefficient (Wildman–Crippen LogP) is 4.53. The first kappa shape index (κ1) is 16.1. The van der Waals surface area contributed by atoms with Crippen LogP contribution in [0.15, 0.2) is 42.5 Å². The smallest absolute Gasteiger partial charge is 0.236 e. The highest BCUT2D eigenvalue weighted by Crippen LogP contribution is 2.30. The summed E-state index contributed by atoms with van der Waals surface area (Å²) in [4.78, 5) is 0.675. The van der Waals surface area contributed by atoms with Gasteiger partial charge in [0.25, 0.3) is 0 Å². The summed E-state index contributed by atoms with van der Waals surface area (Å²) in [6.07, 6.45) is 0.558. The maximum atomic E-state index is 9.37. The topological polar surface area (TPSA) is 75.3 Å². The van der Waals surface area contributed by atoms with E-state index in [1.54, 1.807) is 34.8 Å². The minimum atomic E-state index is 0.230. The van der Waals surface area contributed by atoms with Crippen LogP contribution in [-0.2, 0) is 6.42 Å². The van der Waals surface area contributed by atoms with E-state index in [0.29, 0.717) is 38.1 Å². The molecular formula is C16H11Cl2N5OS. The molecule has 0 spiro atoms. The molecule has 2 aromatic heterocycles. The number of halogens is 2. The van der Waals surface area contributed by atoms with Crippen LogP contribution >= 0.6 is 34.5 Å². The third kappa shape index (κ3) is 3.39. The summed E-state index contributed by atoms with van der Waals surface area (Å²) in [7, 11) is 0. The Hall–Kier alpha value is -2.35. The molecule has 2 heterocycles. The van der Waals surface area contributed by atoms with E-state index < -0.39 is 0 Å². The third-order valence-electron chi connectivity index (χ3n) is 3.52. The largest absolute Gasteiger partial charge is 0.508 e. The molecule has 4 aromatic rings. The number of aromatic hydroxyl groups is 1. The van der Waals surface area contributed by atoms with Gasteiger partial charge in [-0.15, -0.1) is 15.3 Å². The monoisotopic (exact) mass is 391 g/mol. The minimum Gasteiger partial charge on any atom is -0.508 e. The van der Waals surface area contributed by atoms with Crippen molar-refractivity contribution < 1.29 is 5.11 Å². The first-order valence-corrected chi connectivity index (χ1v) is 8.87. The first-order chi connectivity index (χ1) is 12.1. The van der Waals surface area contributed by atoms with Crippen molar-refractivity contribution in [1.82, 2.24) is 19.8 Å². The molecule has 0 bridgehead atoms. The second kappa shape index (κ2) is 6.51. The zero-order chi connectivity index (χ0) is 17.4. The molecule has 2 aromatic carbocycles. The Bertz CT molecular complexity index is 1040. The van der Waals surface area contributed by atoms with E-state index in [1.807, 2.05) is 12.1 Å². The van der Waals surface area contributed by atoms with Crippen LogP contribution in [0.5, 0.6) is 5.75 Å². The summed E-state index contributed by atoms with van der Waals surface area (Å²) >= 11 is 13.5. The quantitative estimate of drug-likeness (QED) is 0.534. The SMILES string of the molecule is Oc1ccc(Cc2nnc3sc(Nc4cc(Cl)ccc4Cl)nn23)cc1. The number of anilines is 2. The molecule has 0 fully saturated rings. The molecule has 9 heteroatoms. The van der Waals surface area contributed by atoms with Crippen LogP contribution in [0.3, 0.4) is 0 Å². The van der Waals surface area contributed by atoms with Crippen LogP contribution in [0.1, 0.15) is 11.4 Å². The second-order valence-electron chi connectivity index (χ2n) is 5.31. The Morgan fingerprint density at radius 2 is 1.88 bits per heavy atom. The lowest BCUT2D eigenvalue weighted by Crippen LogP contribution is -1.99. The molecule has 0 saturated heterocycles. The van der Waals surface area contributed by atoms with Crippen molar-refractivity contribution in [2.45, 2.75) is 6.42 Å². The predicted molar refractivity (Wildman–Crippen MR) is 99.3 cm³/mol. The van der Waals surface area contributed by atoms with Gasteiger partial charge in [-0.1, -0.05) is 46.7 Å². The van der Waals surface area contributed by atoms with E-state index in [0.717, 1.165) is 5.56 Å². The van der Waals surface area contributed by atoms with Gasteiger partial charge >= 0.3 is 0 Å². The van der Waals surface area contributed by atoms with E-state index >= 15 is 0 Å². The lowest BCUT2D eigenvalue weighted by Gasteiger charge is -2.04.